The smallest absolute Gasteiger partial charge is 0.412 e. The molecule has 2 aromatic rings. The summed E-state index contributed by atoms with van der Waals surface area (Å²) < 4.78 is 57.8. The van der Waals surface area contributed by atoms with E-state index in [-0.39, 0.29) is 11.1 Å². The van der Waals surface area contributed by atoms with Crippen LogP contribution in [0.3, 0.4) is 0 Å². The maximum Gasteiger partial charge on any atom is 0.412 e. The second-order valence-electron chi connectivity index (χ2n) is 4.96. The van der Waals surface area contributed by atoms with Crippen molar-refractivity contribution in [2.45, 2.75) is 19.1 Å². The molecule has 0 saturated heterocycles. The molecule has 3 nitrogen and oxygen atoms in total. The van der Waals surface area contributed by atoms with Crippen molar-refractivity contribution in [3.8, 4) is 5.75 Å². The number of halogens is 4. The van der Waals surface area contributed by atoms with Crippen LogP contribution in [0.15, 0.2) is 48.5 Å². The third-order valence-electron chi connectivity index (χ3n) is 3.23. The molecule has 2 rings (SSSR count). The Kier molecular flexibility index (Phi) is 5.43. The number of carbonyl (C=O) groups excluding carboxylic acids is 1. The quantitative estimate of drug-likeness (QED) is 0.826. The molecule has 0 radical (unpaired) electrons. The zero-order valence-corrected chi connectivity index (χ0v) is 12.7. The van der Waals surface area contributed by atoms with Gasteiger partial charge in [0.05, 0.1) is 6.61 Å². The van der Waals surface area contributed by atoms with Crippen LogP contribution in [-0.2, 0) is 0 Å². The first kappa shape index (κ1) is 17.8. The van der Waals surface area contributed by atoms with Gasteiger partial charge in [-0.1, -0.05) is 12.1 Å². The summed E-state index contributed by atoms with van der Waals surface area (Å²) in [4.78, 5) is 12.1. The second kappa shape index (κ2) is 7.33. The van der Waals surface area contributed by atoms with Gasteiger partial charge in [-0.05, 0) is 48.9 Å². The van der Waals surface area contributed by atoms with E-state index in [0.717, 1.165) is 24.3 Å². The standard InChI is InChI=1S/C17H15F4NO2/c1-2-24-14-9-5-12(6-10-14)16(23)22-15(17(19,20)21)11-3-7-13(18)8-4-11/h3-10,15H,2H2,1H3,(H,22,23). The summed E-state index contributed by atoms with van der Waals surface area (Å²) in [5, 5.41) is 1.93. The first-order chi connectivity index (χ1) is 11.3. The van der Waals surface area contributed by atoms with Crippen LogP contribution >= 0.6 is 0 Å². The third kappa shape index (κ3) is 4.47. The van der Waals surface area contributed by atoms with Crippen LogP contribution in [-0.4, -0.2) is 18.7 Å². The molecule has 0 saturated carbocycles. The number of alkyl halides is 3. The number of carbonyl (C=O) groups is 1. The minimum absolute atomic E-state index is 0.0646. The molecule has 128 valence electrons. The van der Waals surface area contributed by atoms with E-state index in [0.29, 0.717) is 12.4 Å². The molecule has 1 unspecified atom stereocenters. The number of hydrogen-bond donors (Lipinski definition) is 1. The van der Waals surface area contributed by atoms with Gasteiger partial charge in [0, 0.05) is 5.56 Å². The van der Waals surface area contributed by atoms with Crippen molar-refractivity contribution >= 4 is 5.91 Å². The van der Waals surface area contributed by atoms with Crippen LogP contribution in [0, 0.1) is 5.82 Å². The molecule has 0 fully saturated rings. The van der Waals surface area contributed by atoms with Gasteiger partial charge in [-0.2, -0.15) is 13.2 Å². The Morgan fingerprint density at radius 2 is 1.67 bits per heavy atom. The lowest BCUT2D eigenvalue weighted by molar-refractivity contribution is -0.155. The predicted molar refractivity (Wildman–Crippen MR) is 80.3 cm³/mol. The van der Waals surface area contributed by atoms with E-state index in [9.17, 15) is 22.4 Å². The van der Waals surface area contributed by atoms with Gasteiger partial charge in [0.2, 0.25) is 0 Å². The summed E-state index contributed by atoms with van der Waals surface area (Å²) in [7, 11) is 0. The van der Waals surface area contributed by atoms with Crippen molar-refractivity contribution in [1.29, 1.82) is 0 Å². The summed E-state index contributed by atoms with van der Waals surface area (Å²) in [6, 6.07) is 7.33. The third-order valence-corrected chi connectivity index (χ3v) is 3.23. The maximum absolute atomic E-state index is 13.2. The molecule has 24 heavy (non-hydrogen) atoms. The minimum atomic E-state index is -4.71. The average molecular weight is 341 g/mol. The Balaban J connectivity index is 2.19. The highest BCUT2D eigenvalue weighted by Crippen LogP contribution is 2.33. The zero-order chi connectivity index (χ0) is 17.7. The van der Waals surface area contributed by atoms with Crippen molar-refractivity contribution in [2.24, 2.45) is 0 Å². The summed E-state index contributed by atoms with van der Waals surface area (Å²) in [6.07, 6.45) is -4.71. The van der Waals surface area contributed by atoms with Crippen molar-refractivity contribution in [3.05, 3.63) is 65.5 Å². The van der Waals surface area contributed by atoms with Crippen LogP contribution in [0.25, 0.3) is 0 Å². The SMILES string of the molecule is CCOc1ccc(C(=O)NC(c2ccc(F)cc2)C(F)(F)F)cc1. The monoisotopic (exact) mass is 341 g/mol. The van der Waals surface area contributed by atoms with Crippen LogP contribution in [0.4, 0.5) is 17.6 Å². The van der Waals surface area contributed by atoms with E-state index in [2.05, 4.69) is 0 Å². The summed E-state index contributed by atoms with van der Waals surface area (Å²) in [5.74, 6) is -1.03. The predicted octanol–water partition coefficient (Wildman–Crippen LogP) is 4.26. The molecule has 0 aliphatic heterocycles. The lowest BCUT2D eigenvalue weighted by Gasteiger charge is -2.22. The first-order valence-corrected chi connectivity index (χ1v) is 7.17. The molecule has 1 atom stereocenters. The van der Waals surface area contributed by atoms with Gasteiger partial charge < -0.3 is 10.1 Å². The zero-order valence-electron chi connectivity index (χ0n) is 12.7. The summed E-state index contributed by atoms with van der Waals surface area (Å²) >= 11 is 0. The van der Waals surface area contributed by atoms with Crippen molar-refractivity contribution in [3.63, 3.8) is 0 Å². The highest BCUT2D eigenvalue weighted by atomic mass is 19.4. The summed E-state index contributed by atoms with van der Waals surface area (Å²) in [6.45, 7) is 2.23. The average Bonchev–Trinajstić information content (AvgIpc) is 2.53. The molecule has 1 N–H and O–H groups in total. The molecule has 0 aromatic heterocycles. The minimum Gasteiger partial charge on any atom is -0.494 e. The number of benzene rings is 2. The molecule has 1 amide bonds. The number of amides is 1. The highest BCUT2D eigenvalue weighted by Gasteiger charge is 2.42. The van der Waals surface area contributed by atoms with Crippen molar-refractivity contribution in [2.75, 3.05) is 6.61 Å². The second-order valence-corrected chi connectivity index (χ2v) is 4.96. The largest absolute Gasteiger partial charge is 0.494 e. The first-order valence-electron chi connectivity index (χ1n) is 7.17. The molecule has 0 aliphatic carbocycles. The highest BCUT2D eigenvalue weighted by molar-refractivity contribution is 5.94. The molecule has 0 heterocycles. The molecular weight excluding hydrogens is 326 g/mol. The molecule has 0 spiro atoms. The maximum atomic E-state index is 13.2. The molecular formula is C17H15F4NO2. The Bertz CT molecular complexity index is 681. The summed E-state index contributed by atoms with van der Waals surface area (Å²) in [5.41, 5.74) is -0.182. The van der Waals surface area contributed by atoms with Gasteiger partial charge in [-0.15, -0.1) is 0 Å². The normalized spacial score (nSPS) is 12.5. The van der Waals surface area contributed by atoms with Crippen molar-refractivity contribution in [1.82, 2.24) is 5.32 Å². The van der Waals surface area contributed by atoms with Gasteiger partial charge in [-0.25, -0.2) is 4.39 Å². The number of nitrogens with one attached hydrogen (secondary N) is 1. The Morgan fingerprint density at radius 1 is 1.08 bits per heavy atom. The van der Waals surface area contributed by atoms with Gasteiger partial charge in [0.15, 0.2) is 6.04 Å². The lowest BCUT2D eigenvalue weighted by Crippen LogP contribution is -2.38. The number of hydrogen-bond acceptors (Lipinski definition) is 2. The van der Waals surface area contributed by atoms with Crippen LogP contribution in [0.5, 0.6) is 5.75 Å². The Hall–Kier alpha value is -2.57. The van der Waals surface area contributed by atoms with E-state index < -0.39 is 23.9 Å². The van der Waals surface area contributed by atoms with Gasteiger partial charge >= 0.3 is 6.18 Å². The van der Waals surface area contributed by atoms with E-state index in [1.807, 2.05) is 5.32 Å². The fraction of sp³-hybridized carbons (Fsp3) is 0.235. The number of rotatable bonds is 5. The molecule has 2 aromatic carbocycles. The fourth-order valence-corrected chi connectivity index (χ4v) is 2.09. The lowest BCUT2D eigenvalue weighted by atomic mass is 10.1. The molecule has 0 aliphatic rings. The van der Waals surface area contributed by atoms with Gasteiger partial charge in [0.1, 0.15) is 11.6 Å². The van der Waals surface area contributed by atoms with Gasteiger partial charge in [0.25, 0.3) is 5.91 Å². The van der Waals surface area contributed by atoms with Crippen molar-refractivity contribution < 1.29 is 27.1 Å². The fourth-order valence-electron chi connectivity index (χ4n) is 2.09. The van der Waals surface area contributed by atoms with E-state index in [4.69, 9.17) is 4.74 Å². The molecule has 0 bridgehead atoms. The molecule has 7 heteroatoms. The Labute approximate surface area is 136 Å². The van der Waals surface area contributed by atoms with Crippen LogP contribution in [0.2, 0.25) is 0 Å². The Morgan fingerprint density at radius 3 is 2.17 bits per heavy atom. The van der Waals surface area contributed by atoms with E-state index in [1.54, 1.807) is 6.92 Å². The topological polar surface area (TPSA) is 38.3 Å². The van der Waals surface area contributed by atoms with Crippen LogP contribution < -0.4 is 10.1 Å². The number of ether oxygens (including phenoxy) is 1. The van der Waals surface area contributed by atoms with Gasteiger partial charge in [-0.3, -0.25) is 4.79 Å². The van der Waals surface area contributed by atoms with E-state index >= 15 is 0 Å². The van der Waals surface area contributed by atoms with Crippen LogP contribution in [0.1, 0.15) is 28.9 Å². The van der Waals surface area contributed by atoms with E-state index in [1.165, 1.54) is 24.3 Å².